The minimum atomic E-state index is -0.160. The average Bonchev–Trinajstić information content (AvgIpc) is 2.38. The lowest BCUT2D eigenvalue weighted by molar-refractivity contribution is -0.134. The van der Waals surface area contributed by atoms with E-state index in [0.29, 0.717) is 13.2 Å². The van der Waals surface area contributed by atoms with Crippen LogP contribution >= 0.6 is 0 Å². The molecule has 1 rings (SSSR count). The van der Waals surface area contributed by atoms with Gasteiger partial charge in [-0.25, -0.2) is 0 Å². The number of benzene rings is 1. The summed E-state index contributed by atoms with van der Waals surface area (Å²) in [5, 5.41) is 0. The molecule has 0 fully saturated rings. The SMILES string of the molecule is CC(N)C(C)C(=O)N(C)CCOc1ccccc1. The molecule has 1 aromatic rings. The van der Waals surface area contributed by atoms with Gasteiger partial charge in [0.15, 0.2) is 0 Å². The van der Waals surface area contributed by atoms with Gasteiger partial charge in [0, 0.05) is 13.1 Å². The van der Waals surface area contributed by atoms with Gasteiger partial charge in [0.2, 0.25) is 5.91 Å². The average molecular weight is 250 g/mol. The fraction of sp³-hybridized carbons (Fsp3) is 0.500. The Morgan fingerprint density at radius 2 is 1.94 bits per heavy atom. The third kappa shape index (κ3) is 4.37. The number of carbonyl (C=O) groups is 1. The van der Waals surface area contributed by atoms with E-state index in [1.54, 1.807) is 11.9 Å². The lowest BCUT2D eigenvalue weighted by atomic mass is 10.0. The molecular formula is C14H22N2O2. The molecule has 2 unspecified atom stereocenters. The van der Waals surface area contributed by atoms with Crippen LogP contribution in [0.4, 0.5) is 0 Å². The Kier molecular flexibility index (Phi) is 5.65. The summed E-state index contributed by atoms with van der Waals surface area (Å²) < 4.78 is 5.54. The predicted octanol–water partition coefficient (Wildman–Crippen LogP) is 1.51. The van der Waals surface area contributed by atoms with Crippen molar-refractivity contribution in [2.24, 2.45) is 11.7 Å². The van der Waals surface area contributed by atoms with Crippen molar-refractivity contribution in [2.75, 3.05) is 20.2 Å². The van der Waals surface area contributed by atoms with Crippen molar-refractivity contribution < 1.29 is 9.53 Å². The van der Waals surface area contributed by atoms with Crippen LogP contribution in [-0.2, 0) is 4.79 Å². The molecule has 0 aliphatic heterocycles. The van der Waals surface area contributed by atoms with E-state index >= 15 is 0 Å². The van der Waals surface area contributed by atoms with Crippen LogP contribution in [0.15, 0.2) is 30.3 Å². The van der Waals surface area contributed by atoms with Crippen molar-refractivity contribution in [3.63, 3.8) is 0 Å². The molecule has 0 radical (unpaired) electrons. The minimum absolute atomic E-state index is 0.0571. The molecule has 4 nitrogen and oxygen atoms in total. The number of amides is 1. The molecule has 0 aliphatic carbocycles. The van der Waals surface area contributed by atoms with E-state index in [1.165, 1.54) is 0 Å². The molecule has 0 heterocycles. The predicted molar refractivity (Wildman–Crippen MR) is 72.4 cm³/mol. The summed E-state index contributed by atoms with van der Waals surface area (Å²) in [6.07, 6.45) is 0. The molecule has 0 saturated heterocycles. The van der Waals surface area contributed by atoms with Crippen molar-refractivity contribution in [2.45, 2.75) is 19.9 Å². The van der Waals surface area contributed by atoms with E-state index in [1.807, 2.05) is 44.2 Å². The van der Waals surface area contributed by atoms with Crippen LogP contribution < -0.4 is 10.5 Å². The van der Waals surface area contributed by atoms with E-state index in [9.17, 15) is 4.79 Å². The maximum atomic E-state index is 11.9. The van der Waals surface area contributed by atoms with Gasteiger partial charge in [0.05, 0.1) is 12.5 Å². The van der Waals surface area contributed by atoms with Crippen molar-refractivity contribution in [1.29, 1.82) is 0 Å². The van der Waals surface area contributed by atoms with E-state index in [0.717, 1.165) is 5.75 Å². The first-order valence-electron chi connectivity index (χ1n) is 6.20. The van der Waals surface area contributed by atoms with Crippen LogP contribution in [0.5, 0.6) is 5.75 Å². The second-order valence-electron chi connectivity index (χ2n) is 4.57. The van der Waals surface area contributed by atoms with E-state index < -0.39 is 0 Å². The number of nitrogens with two attached hydrogens (primary N) is 1. The Morgan fingerprint density at radius 1 is 1.33 bits per heavy atom. The molecule has 2 atom stereocenters. The Hall–Kier alpha value is -1.55. The Labute approximate surface area is 109 Å². The molecular weight excluding hydrogens is 228 g/mol. The molecule has 2 N–H and O–H groups in total. The lowest BCUT2D eigenvalue weighted by Crippen LogP contribution is -2.41. The first kappa shape index (κ1) is 14.5. The molecule has 1 aromatic carbocycles. The summed E-state index contributed by atoms with van der Waals surface area (Å²) in [6, 6.07) is 9.44. The summed E-state index contributed by atoms with van der Waals surface area (Å²) in [5.41, 5.74) is 5.72. The third-order valence-electron chi connectivity index (χ3n) is 2.99. The van der Waals surface area contributed by atoms with Gasteiger partial charge in [-0.15, -0.1) is 0 Å². The normalized spacial score (nSPS) is 13.8. The zero-order valence-corrected chi connectivity index (χ0v) is 11.3. The highest BCUT2D eigenvalue weighted by Gasteiger charge is 2.20. The molecule has 0 aliphatic rings. The first-order chi connectivity index (χ1) is 8.52. The number of hydrogen-bond donors (Lipinski definition) is 1. The number of nitrogens with zero attached hydrogens (tertiary/aromatic N) is 1. The van der Waals surface area contributed by atoms with Crippen LogP contribution in [0.25, 0.3) is 0 Å². The van der Waals surface area contributed by atoms with Gasteiger partial charge >= 0.3 is 0 Å². The fourth-order valence-corrected chi connectivity index (χ4v) is 1.50. The van der Waals surface area contributed by atoms with Gasteiger partial charge in [-0.3, -0.25) is 4.79 Å². The molecule has 4 heteroatoms. The Bertz CT molecular complexity index is 365. The highest BCUT2D eigenvalue weighted by molar-refractivity contribution is 5.78. The number of ether oxygens (including phenoxy) is 1. The van der Waals surface area contributed by atoms with Crippen LogP contribution in [0, 0.1) is 5.92 Å². The summed E-state index contributed by atoms with van der Waals surface area (Å²) >= 11 is 0. The van der Waals surface area contributed by atoms with Crippen LogP contribution in [0.2, 0.25) is 0 Å². The van der Waals surface area contributed by atoms with Gasteiger partial charge in [-0.2, -0.15) is 0 Å². The molecule has 0 spiro atoms. The van der Waals surface area contributed by atoms with E-state index in [4.69, 9.17) is 10.5 Å². The number of hydrogen-bond acceptors (Lipinski definition) is 3. The van der Waals surface area contributed by atoms with Gasteiger partial charge in [0.25, 0.3) is 0 Å². The monoisotopic (exact) mass is 250 g/mol. The molecule has 100 valence electrons. The van der Waals surface area contributed by atoms with Crippen LogP contribution in [0.1, 0.15) is 13.8 Å². The Morgan fingerprint density at radius 3 is 2.50 bits per heavy atom. The topological polar surface area (TPSA) is 55.6 Å². The van der Waals surface area contributed by atoms with Gasteiger partial charge < -0.3 is 15.4 Å². The standard InChI is InChI=1S/C14H22N2O2/c1-11(12(2)15)14(17)16(3)9-10-18-13-7-5-4-6-8-13/h4-8,11-12H,9-10,15H2,1-3H3. The Balaban J connectivity index is 2.33. The molecule has 0 aromatic heterocycles. The van der Waals surface area contributed by atoms with Crippen molar-refractivity contribution in [3.8, 4) is 5.75 Å². The number of likely N-dealkylation sites (N-methyl/N-ethyl adjacent to an activating group) is 1. The van der Waals surface area contributed by atoms with E-state index in [-0.39, 0.29) is 17.9 Å². The maximum Gasteiger partial charge on any atom is 0.226 e. The van der Waals surface area contributed by atoms with E-state index in [2.05, 4.69) is 0 Å². The second-order valence-corrected chi connectivity index (χ2v) is 4.57. The highest BCUT2D eigenvalue weighted by atomic mass is 16.5. The summed E-state index contributed by atoms with van der Waals surface area (Å²) in [5.74, 6) is 0.715. The number of rotatable bonds is 6. The zero-order valence-electron chi connectivity index (χ0n) is 11.3. The van der Waals surface area contributed by atoms with Crippen molar-refractivity contribution in [3.05, 3.63) is 30.3 Å². The fourth-order valence-electron chi connectivity index (χ4n) is 1.50. The van der Waals surface area contributed by atoms with Gasteiger partial charge in [0.1, 0.15) is 12.4 Å². The van der Waals surface area contributed by atoms with Crippen LogP contribution in [-0.4, -0.2) is 37.0 Å². The first-order valence-corrected chi connectivity index (χ1v) is 6.20. The molecule has 1 amide bonds. The largest absolute Gasteiger partial charge is 0.492 e. The van der Waals surface area contributed by atoms with Gasteiger partial charge in [-0.1, -0.05) is 25.1 Å². The molecule has 18 heavy (non-hydrogen) atoms. The number of para-hydroxylation sites is 1. The smallest absolute Gasteiger partial charge is 0.226 e. The van der Waals surface area contributed by atoms with Crippen molar-refractivity contribution >= 4 is 5.91 Å². The maximum absolute atomic E-state index is 11.9. The highest BCUT2D eigenvalue weighted by Crippen LogP contribution is 2.08. The third-order valence-corrected chi connectivity index (χ3v) is 2.99. The van der Waals surface area contributed by atoms with Crippen molar-refractivity contribution in [1.82, 2.24) is 4.90 Å². The molecule has 0 bridgehead atoms. The summed E-state index contributed by atoms with van der Waals surface area (Å²) in [6.45, 7) is 4.74. The number of carbonyl (C=O) groups excluding carboxylic acids is 1. The summed E-state index contributed by atoms with van der Waals surface area (Å²) in [7, 11) is 1.77. The van der Waals surface area contributed by atoms with Gasteiger partial charge in [-0.05, 0) is 19.1 Å². The summed E-state index contributed by atoms with van der Waals surface area (Å²) in [4.78, 5) is 13.6. The lowest BCUT2D eigenvalue weighted by Gasteiger charge is -2.23. The van der Waals surface area contributed by atoms with Crippen LogP contribution in [0.3, 0.4) is 0 Å². The minimum Gasteiger partial charge on any atom is -0.492 e. The zero-order chi connectivity index (χ0) is 13.5. The second kappa shape index (κ2) is 7.01. The molecule has 0 saturated carbocycles. The quantitative estimate of drug-likeness (QED) is 0.832.